The molecule has 0 atom stereocenters. The van der Waals surface area contributed by atoms with Gasteiger partial charge < -0.3 is 9.40 Å². The average Bonchev–Trinajstić information content (AvgIpc) is 2.89. The monoisotopic (exact) mass is 290 g/mol. The van der Waals surface area contributed by atoms with Crippen molar-refractivity contribution < 1.29 is 12.8 Å². The molecule has 0 saturated carbocycles. The number of nitrogens with zero attached hydrogens (tertiary/aromatic N) is 1. The van der Waals surface area contributed by atoms with Crippen molar-refractivity contribution in [2.75, 3.05) is 6.26 Å². The molecule has 2 heterocycles. The molecule has 20 heavy (non-hydrogen) atoms. The number of fused-ring (bicyclic) bond motifs is 1. The molecule has 0 unspecified atom stereocenters. The number of hydrogen-bond acceptors (Lipinski definition) is 4. The third kappa shape index (κ3) is 2.02. The van der Waals surface area contributed by atoms with Gasteiger partial charge in [-0.1, -0.05) is 6.07 Å². The summed E-state index contributed by atoms with van der Waals surface area (Å²) in [4.78, 5) is 7.80. The number of benzene rings is 1. The third-order valence-corrected chi connectivity index (χ3v) is 4.30. The van der Waals surface area contributed by atoms with Crippen molar-refractivity contribution >= 4 is 20.9 Å². The van der Waals surface area contributed by atoms with Crippen molar-refractivity contribution in [3.05, 3.63) is 35.8 Å². The molecule has 0 saturated heterocycles. The molecule has 1 N–H and O–H groups in total. The maximum absolute atomic E-state index is 11.8. The fraction of sp³-hybridized carbons (Fsp3) is 0.214. The van der Waals surface area contributed by atoms with E-state index in [2.05, 4.69) is 9.97 Å². The van der Waals surface area contributed by atoms with Crippen LogP contribution in [0.15, 0.2) is 33.6 Å². The van der Waals surface area contributed by atoms with E-state index in [0.717, 1.165) is 17.1 Å². The van der Waals surface area contributed by atoms with Gasteiger partial charge in [0.15, 0.2) is 9.84 Å². The maximum atomic E-state index is 11.8. The highest BCUT2D eigenvalue weighted by Crippen LogP contribution is 2.28. The Kier molecular flexibility index (Phi) is 2.72. The van der Waals surface area contributed by atoms with Crippen LogP contribution in [0.25, 0.3) is 22.4 Å². The molecule has 3 rings (SSSR count). The standard InChI is InChI=1S/C14H14N2O3S/c1-8-7-10(9(2)19-8)14-15-11-5-4-6-12(13(11)16-14)20(3,17)18/h4-7H,1-3H3,(H,15,16). The summed E-state index contributed by atoms with van der Waals surface area (Å²) in [6, 6.07) is 6.96. The fourth-order valence-electron chi connectivity index (χ4n) is 2.30. The smallest absolute Gasteiger partial charge is 0.177 e. The number of aromatic amines is 1. The van der Waals surface area contributed by atoms with Crippen LogP contribution in [0.5, 0.6) is 0 Å². The van der Waals surface area contributed by atoms with Gasteiger partial charge in [0.05, 0.1) is 16.0 Å². The zero-order valence-corrected chi connectivity index (χ0v) is 12.2. The summed E-state index contributed by atoms with van der Waals surface area (Å²) in [5, 5.41) is 0. The number of sulfone groups is 1. The molecule has 5 nitrogen and oxygen atoms in total. The molecular weight excluding hydrogens is 276 g/mol. The molecule has 1 aromatic carbocycles. The normalized spacial score (nSPS) is 12.2. The largest absolute Gasteiger partial charge is 0.466 e. The number of imidazole rings is 1. The Balaban J connectivity index is 2.29. The van der Waals surface area contributed by atoms with Crippen molar-refractivity contribution in [2.45, 2.75) is 18.7 Å². The topological polar surface area (TPSA) is 76.0 Å². The van der Waals surface area contributed by atoms with Crippen LogP contribution in [0, 0.1) is 13.8 Å². The first-order chi connectivity index (χ1) is 9.36. The highest BCUT2D eigenvalue weighted by molar-refractivity contribution is 7.91. The van der Waals surface area contributed by atoms with E-state index < -0.39 is 9.84 Å². The second-order valence-electron chi connectivity index (χ2n) is 4.84. The minimum atomic E-state index is -3.31. The Labute approximate surface area is 116 Å². The Bertz CT molecular complexity index is 904. The van der Waals surface area contributed by atoms with Gasteiger partial charge >= 0.3 is 0 Å². The van der Waals surface area contributed by atoms with Crippen LogP contribution in [0.1, 0.15) is 11.5 Å². The number of rotatable bonds is 2. The van der Waals surface area contributed by atoms with Crippen LogP contribution >= 0.6 is 0 Å². The lowest BCUT2D eigenvalue weighted by molar-refractivity contribution is 0.505. The molecule has 0 aliphatic carbocycles. The van der Waals surface area contributed by atoms with E-state index in [0.29, 0.717) is 16.9 Å². The lowest BCUT2D eigenvalue weighted by atomic mass is 10.2. The van der Waals surface area contributed by atoms with Crippen LogP contribution in [-0.4, -0.2) is 24.6 Å². The molecule has 0 radical (unpaired) electrons. The zero-order valence-electron chi connectivity index (χ0n) is 11.4. The summed E-state index contributed by atoms with van der Waals surface area (Å²) < 4.78 is 29.1. The van der Waals surface area contributed by atoms with E-state index in [4.69, 9.17) is 4.42 Å². The third-order valence-electron chi connectivity index (χ3n) is 3.17. The minimum Gasteiger partial charge on any atom is -0.466 e. The SMILES string of the molecule is Cc1cc(-c2nc3c(S(C)(=O)=O)cccc3[nH]2)c(C)o1. The number of aryl methyl sites for hydroxylation is 2. The van der Waals surface area contributed by atoms with Crippen LogP contribution in [0.4, 0.5) is 0 Å². The summed E-state index contributed by atoms with van der Waals surface area (Å²) in [5.41, 5.74) is 2.00. The van der Waals surface area contributed by atoms with Gasteiger partial charge in [0, 0.05) is 6.26 Å². The van der Waals surface area contributed by atoms with Gasteiger partial charge in [-0.15, -0.1) is 0 Å². The van der Waals surface area contributed by atoms with Crippen LogP contribution in [0.2, 0.25) is 0 Å². The molecule has 0 amide bonds. The fourth-order valence-corrected chi connectivity index (χ4v) is 3.13. The molecular formula is C14H14N2O3S. The first-order valence-electron chi connectivity index (χ1n) is 6.12. The summed E-state index contributed by atoms with van der Waals surface area (Å²) in [7, 11) is -3.31. The predicted octanol–water partition coefficient (Wildman–Crippen LogP) is 2.84. The summed E-state index contributed by atoms with van der Waals surface area (Å²) in [6.45, 7) is 3.72. The number of para-hydroxylation sites is 1. The number of nitrogens with one attached hydrogen (secondary N) is 1. The molecule has 104 valence electrons. The van der Waals surface area contributed by atoms with Crippen molar-refractivity contribution in [3.8, 4) is 11.4 Å². The molecule has 0 bridgehead atoms. The van der Waals surface area contributed by atoms with Gasteiger partial charge in [0.25, 0.3) is 0 Å². The maximum Gasteiger partial charge on any atom is 0.177 e. The van der Waals surface area contributed by atoms with E-state index in [1.807, 2.05) is 26.0 Å². The minimum absolute atomic E-state index is 0.232. The van der Waals surface area contributed by atoms with Gasteiger partial charge in [0.2, 0.25) is 0 Å². The van der Waals surface area contributed by atoms with Crippen molar-refractivity contribution in [2.24, 2.45) is 0 Å². The number of furan rings is 1. The molecule has 3 aromatic rings. The van der Waals surface area contributed by atoms with Crippen LogP contribution in [0.3, 0.4) is 0 Å². The lowest BCUT2D eigenvalue weighted by Crippen LogP contribution is -1.97. The number of aromatic nitrogens is 2. The molecule has 0 spiro atoms. The van der Waals surface area contributed by atoms with E-state index in [1.54, 1.807) is 12.1 Å². The van der Waals surface area contributed by atoms with Crippen molar-refractivity contribution in [1.29, 1.82) is 0 Å². The average molecular weight is 290 g/mol. The Morgan fingerprint density at radius 3 is 2.60 bits per heavy atom. The van der Waals surface area contributed by atoms with E-state index >= 15 is 0 Å². The second-order valence-corrected chi connectivity index (χ2v) is 6.82. The van der Waals surface area contributed by atoms with Gasteiger partial charge in [-0.2, -0.15) is 0 Å². The zero-order chi connectivity index (χ0) is 14.5. The number of H-pyrrole nitrogens is 1. The molecule has 2 aromatic heterocycles. The van der Waals surface area contributed by atoms with E-state index in [-0.39, 0.29) is 4.90 Å². The predicted molar refractivity (Wildman–Crippen MR) is 76.4 cm³/mol. The van der Waals surface area contributed by atoms with Gasteiger partial charge in [-0.05, 0) is 32.0 Å². The van der Waals surface area contributed by atoms with Crippen LogP contribution in [-0.2, 0) is 9.84 Å². The Hall–Kier alpha value is -2.08. The van der Waals surface area contributed by atoms with Crippen molar-refractivity contribution in [1.82, 2.24) is 9.97 Å². The summed E-state index contributed by atoms with van der Waals surface area (Å²) in [5.74, 6) is 2.16. The molecule has 0 aliphatic rings. The lowest BCUT2D eigenvalue weighted by Gasteiger charge is -1.97. The summed E-state index contributed by atoms with van der Waals surface area (Å²) >= 11 is 0. The first-order valence-corrected chi connectivity index (χ1v) is 8.01. The van der Waals surface area contributed by atoms with Crippen LogP contribution < -0.4 is 0 Å². The highest BCUT2D eigenvalue weighted by atomic mass is 32.2. The molecule has 0 aliphatic heterocycles. The molecule has 0 fully saturated rings. The Morgan fingerprint density at radius 1 is 1.25 bits per heavy atom. The van der Waals surface area contributed by atoms with Crippen molar-refractivity contribution in [3.63, 3.8) is 0 Å². The second kappa shape index (κ2) is 4.21. The quantitative estimate of drug-likeness (QED) is 0.787. The van der Waals surface area contributed by atoms with Gasteiger partial charge in [-0.3, -0.25) is 0 Å². The Morgan fingerprint density at radius 2 is 2.00 bits per heavy atom. The van der Waals surface area contributed by atoms with E-state index in [9.17, 15) is 8.42 Å². The van der Waals surface area contributed by atoms with Gasteiger partial charge in [0.1, 0.15) is 22.9 Å². The number of hydrogen-bond donors (Lipinski definition) is 1. The van der Waals surface area contributed by atoms with Gasteiger partial charge in [-0.25, -0.2) is 13.4 Å². The highest BCUT2D eigenvalue weighted by Gasteiger charge is 2.17. The molecule has 6 heteroatoms. The first kappa shape index (κ1) is 12.9. The van der Waals surface area contributed by atoms with E-state index in [1.165, 1.54) is 6.26 Å². The summed E-state index contributed by atoms with van der Waals surface area (Å²) in [6.07, 6.45) is 1.18.